The Balaban J connectivity index is 1.32. The molecule has 0 radical (unpaired) electrons. The van der Waals surface area contributed by atoms with E-state index in [4.69, 9.17) is 4.74 Å². The summed E-state index contributed by atoms with van der Waals surface area (Å²) in [5.41, 5.74) is 5.02. The molecule has 1 aromatic carbocycles. The van der Waals surface area contributed by atoms with E-state index in [1.807, 2.05) is 12.4 Å². The molecule has 3 fully saturated rings. The molecule has 0 N–H and O–H groups in total. The van der Waals surface area contributed by atoms with Crippen LogP contribution in [0, 0.1) is 11.3 Å². The van der Waals surface area contributed by atoms with Crippen molar-refractivity contribution in [2.75, 3.05) is 0 Å². The van der Waals surface area contributed by atoms with Crippen LogP contribution in [0.15, 0.2) is 60.0 Å². The number of benzene rings is 1. The summed E-state index contributed by atoms with van der Waals surface area (Å²) in [5.74, 6) is 1.25. The van der Waals surface area contributed by atoms with Crippen LogP contribution in [0.4, 0.5) is 0 Å². The van der Waals surface area contributed by atoms with Crippen molar-refractivity contribution in [2.45, 2.75) is 81.8 Å². The summed E-state index contributed by atoms with van der Waals surface area (Å²) in [5, 5.41) is 2.57. The van der Waals surface area contributed by atoms with E-state index in [-0.39, 0.29) is 16.6 Å². The SMILES string of the molecule is C[C@]12CC=C3C=C4CCCC[C@]45CC[C@]3(O5)[C@@H]1CC[C@@H]2c1ccc2ccncc2c1. The molecule has 5 aliphatic rings. The first kappa shape index (κ1) is 17.7. The van der Waals surface area contributed by atoms with Gasteiger partial charge in [0.05, 0.1) is 11.2 Å². The molecule has 2 aromatic rings. The zero-order valence-corrected chi connectivity index (χ0v) is 18.0. The van der Waals surface area contributed by atoms with E-state index in [0.717, 1.165) is 0 Å². The maximum absolute atomic E-state index is 7.27. The standard InChI is InChI=1S/C28H31NO/c1-26-12-9-23-17-22-4-2-3-11-27(22)13-14-28(23,30-27)25(26)8-7-24(26)20-6-5-19-10-15-29-18-21(19)16-20/h5-6,9-10,15-18,24-25H,2-4,7-8,11-14H2,1H3/t24-,25-,26-,27+,28-/m1/s1. The highest BCUT2D eigenvalue weighted by Crippen LogP contribution is 2.69. The first-order valence-corrected chi connectivity index (χ1v) is 12.1. The van der Waals surface area contributed by atoms with Gasteiger partial charge in [0.15, 0.2) is 0 Å². The van der Waals surface area contributed by atoms with Crippen LogP contribution in [0.2, 0.25) is 0 Å². The van der Waals surface area contributed by atoms with Gasteiger partial charge < -0.3 is 4.74 Å². The molecule has 0 amide bonds. The van der Waals surface area contributed by atoms with Crippen LogP contribution in [0.5, 0.6) is 0 Å². The summed E-state index contributed by atoms with van der Waals surface area (Å²) in [6.45, 7) is 2.57. The summed E-state index contributed by atoms with van der Waals surface area (Å²) >= 11 is 0. The number of pyridine rings is 1. The molecule has 3 heterocycles. The number of fused-ring (bicyclic) bond motifs is 2. The van der Waals surface area contributed by atoms with Gasteiger partial charge in [-0.1, -0.05) is 31.2 Å². The van der Waals surface area contributed by atoms with E-state index in [2.05, 4.69) is 48.3 Å². The molecular formula is C28H31NO. The highest BCUT2D eigenvalue weighted by molar-refractivity contribution is 5.82. The number of aromatic nitrogens is 1. The number of hydrogen-bond donors (Lipinski definition) is 0. The molecular weight excluding hydrogens is 366 g/mol. The normalized spacial score (nSPS) is 41.6. The quantitative estimate of drug-likeness (QED) is 0.524. The van der Waals surface area contributed by atoms with E-state index in [1.165, 1.54) is 74.1 Å². The van der Waals surface area contributed by atoms with Gasteiger partial charge in [-0.15, -0.1) is 0 Å². The summed E-state index contributed by atoms with van der Waals surface area (Å²) in [6, 6.07) is 9.21. The van der Waals surface area contributed by atoms with Gasteiger partial charge in [0.25, 0.3) is 0 Å². The smallest absolute Gasteiger partial charge is 0.0974 e. The first-order valence-electron chi connectivity index (χ1n) is 12.1. The topological polar surface area (TPSA) is 22.1 Å². The Morgan fingerprint density at radius 3 is 2.97 bits per heavy atom. The maximum Gasteiger partial charge on any atom is 0.0974 e. The molecule has 0 unspecified atom stereocenters. The van der Waals surface area contributed by atoms with Crippen molar-refractivity contribution in [3.63, 3.8) is 0 Å². The fraction of sp³-hybridized carbons (Fsp3) is 0.536. The van der Waals surface area contributed by atoms with Gasteiger partial charge in [0, 0.05) is 17.8 Å². The molecule has 1 saturated heterocycles. The van der Waals surface area contributed by atoms with Crippen LogP contribution in [0.1, 0.15) is 76.2 Å². The Bertz CT molecular complexity index is 1110. The number of ether oxygens (including phenoxy) is 1. The number of nitrogens with zero attached hydrogens (tertiary/aromatic N) is 1. The van der Waals surface area contributed by atoms with Crippen molar-refractivity contribution in [1.82, 2.24) is 4.98 Å². The summed E-state index contributed by atoms with van der Waals surface area (Å²) in [7, 11) is 0. The summed E-state index contributed by atoms with van der Waals surface area (Å²) in [6.07, 6.45) is 20.5. The van der Waals surface area contributed by atoms with Crippen LogP contribution in [-0.4, -0.2) is 16.2 Å². The van der Waals surface area contributed by atoms with Gasteiger partial charge in [-0.2, -0.15) is 0 Å². The third-order valence-electron chi connectivity index (χ3n) is 9.69. The lowest BCUT2D eigenvalue weighted by Gasteiger charge is -2.54. The third-order valence-corrected chi connectivity index (χ3v) is 9.69. The molecule has 2 saturated carbocycles. The molecule has 1 aromatic heterocycles. The number of allylic oxidation sites excluding steroid dienone is 1. The van der Waals surface area contributed by atoms with Crippen molar-refractivity contribution >= 4 is 10.8 Å². The lowest BCUT2D eigenvalue weighted by molar-refractivity contribution is -0.133. The van der Waals surface area contributed by atoms with Crippen molar-refractivity contribution in [1.29, 1.82) is 0 Å². The third kappa shape index (κ3) is 2.11. The minimum atomic E-state index is -0.0129. The van der Waals surface area contributed by atoms with E-state index in [1.54, 1.807) is 11.1 Å². The summed E-state index contributed by atoms with van der Waals surface area (Å²) in [4.78, 5) is 4.36. The largest absolute Gasteiger partial charge is 0.359 e. The lowest BCUT2D eigenvalue weighted by atomic mass is 9.58. The fourth-order valence-electron chi connectivity index (χ4n) is 8.23. The van der Waals surface area contributed by atoms with Crippen LogP contribution in [0.25, 0.3) is 10.8 Å². The molecule has 3 aliphatic carbocycles. The Morgan fingerprint density at radius 1 is 1.03 bits per heavy atom. The van der Waals surface area contributed by atoms with E-state index < -0.39 is 0 Å². The van der Waals surface area contributed by atoms with Gasteiger partial charge in [-0.3, -0.25) is 4.98 Å². The minimum absolute atomic E-state index is 0.0129. The van der Waals surface area contributed by atoms with E-state index >= 15 is 0 Å². The Morgan fingerprint density at radius 2 is 2.00 bits per heavy atom. The van der Waals surface area contributed by atoms with Crippen LogP contribution >= 0.6 is 0 Å². The Labute approximate surface area is 179 Å². The zero-order valence-electron chi connectivity index (χ0n) is 18.0. The van der Waals surface area contributed by atoms with Crippen LogP contribution < -0.4 is 0 Å². The monoisotopic (exact) mass is 397 g/mol. The van der Waals surface area contributed by atoms with Gasteiger partial charge >= 0.3 is 0 Å². The minimum Gasteiger partial charge on any atom is -0.359 e. The van der Waals surface area contributed by atoms with Crippen LogP contribution in [0.3, 0.4) is 0 Å². The second kappa shape index (κ2) is 5.85. The second-order valence-electron chi connectivity index (χ2n) is 10.9. The highest BCUT2D eigenvalue weighted by atomic mass is 16.5. The van der Waals surface area contributed by atoms with Crippen molar-refractivity contribution in [2.24, 2.45) is 11.3 Å². The Kier molecular flexibility index (Phi) is 3.46. The van der Waals surface area contributed by atoms with E-state index in [9.17, 15) is 0 Å². The predicted octanol–water partition coefficient (Wildman–Crippen LogP) is 6.87. The highest BCUT2D eigenvalue weighted by Gasteiger charge is 2.66. The first-order chi connectivity index (χ1) is 14.6. The van der Waals surface area contributed by atoms with Gasteiger partial charge in [0.2, 0.25) is 0 Å². The van der Waals surface area contributed by atoms with Gasteiger partial charge in [-0.25, -0.2) is 0 Å². The number of hydrogen-bond acceptors (Lipinski definition) is 2. The molecule has 2 nitrogen and oxygen atoms in total. The van der Waals surface area contributed by atoms with E-state index in [0.29, 0.717) is 11.8 Å². The molecule has 2 aliphatic heterocycles. The van der Waals surface area contributed by atoms with Gasteiger partial charge in [-0.05, 0) is 109 Å². The molecule has 2 bridgehead atoms. The number of rotatable bonds is 1. The molecule has 2 heteroatoms. The maximum atomic E-state index is 7.27. The zero-order chi connectivity index (χ0) is 20.0. The molecule has 30 heavy (non-hydrogen) atoms. The van der Waals surface area contributed by atoms with Gasteiger partial charge in [0.1, 0.15) is 0 Å². The van der Waals surface area contributed by atoms with Crippen molar-refractivity contribution < 1.29 is 4.74 Å². The molecule has 2 spiro atoms. The van der Waals surface area contributed by atoms with Crippen molar-refractivity contribution in [3.05, 3.63) is 65.5 Å². The molecule has 7 rings (SSSR count). The second-order valence-corrected chi connectivity index (χ2v) is 10.9. The fourth-order valence-corrected chi connectivity index (χ4v) is 8.23. The molecule has 154 valence electrons. The van der Waals surface area contributed by atoms with Crippen LogP contribution in [-0.2, 0) is 4.74 Å². The predicted molar refractivity (Wildman–Crippen MR) is 120 cm³/mol. The lowest BCUT2D eigenvalue weighted by Crippen LogP contribution is -2.53. The average Bonchev–Trinajstić information content (AvgIpc) is 3.29. The summed E-state index contributed by atoms with van der Waals surface area (Å²) < 4.78 is 7.27. The Hall–Kier alpha value is -1.93. The molecule has 5 atom stereocenters. The van der Waals surface area contributed by atoms with Crippen molar-refractivity contribution in [3.8, 4) is 0 Å². The average molecular weight is 398 g/mol.